The van der Waals surface area contributed by atoms with E-state index in [0.717, 1.165) is 18.3 Å². The maximum absolute atomic E-state index is 5.77. The van der Waals surface area contributed by atoms with E-state index < -0.39 is 0 Å². The predicted molar refractivity (Wildman–Crippen MR) is 64.1 cm³/mol. The highest BCUT2D eigenvalue weighted by Crippen LogP contribution is 2.33. The van der Waals surface area contributed by atoms with Gasteiger partial charge in [-0.2, -0.15) is 0 Å². The summed E-state index contributed by atoms with van der Waals surface area (Å²) >= 11 is 5.76. The van der Waals surface area contributed by atoms with Gasteiger partial charge in [-0.25, -0.2) is 4.98 Å². The number of hydrogen-bond acceptors (Lipinski definition) is 3. The Bertz CT molecular complexity index is 337. The molecule has 3 nitrogen and oxygen atoms in total. The number of nitrogen functional groups attached to an aromatic ring is 1. The molecule has 1 heterocycles. The molecule has 1 aliphatic rings. The summed E-state index contributed by atoms with van der Waals surface area (Å²) in [7, 11) is 0. The first-order valence-electron chi connectivity index (χ1n) is 5.40. The highest BCUT2D eigenvalue weighted by atomic mass is 35.5. The fraction of sp³-hybridized carbons (Fsp3) is 0.545. The zero-order chi connectivity index (χ0) is 10.7. The van der Waals surface area contributed by atoms with Crippen LogP contribution in [0.3, 0.4) is 0 Å². The first-order chi connectivity index (χ1) is 7.25. The van der Waals surface area contributed by atoms with E-state index in [2.05, 4.69) is 10.3 Å². The van der Waals surface area contributed by atoms with E-state index in [1.807, 2.05) is 0 Å². The van der Waals surface area contributed by atoms with Crippen molar-refractivity contribution in [2.24, 2.45) is 5.92 Å². The lowest BCUT2D eigenvalue weighted by molar-refractivity contribution is 0.686. The van der Waals surface area contributed by atoms with E-state index in [1.54, 1.807) is 12.3 Å². The van der Waals surface area contributed by atoms with Crippen molar-refractivity contribution >= 4 is 23.1 Å². The number of aromatic nitrogens is 1. The van der Waals surface area contributed by atoms with Crippen molar-refractivity contribution < 1.29 is 0 Å². The molecule has 1 fully saturated rings. The molecule has 0 aliphatic heterocycles. The first kappa shape index (κ1) is 10.6. The molecule has 0 radical (unpaired) electrons. The van der Waals surface area contributed by atoms with Gasteiger partial charge < -0.3 is 11.1 Å². The van der Waals surface area contributed by atoms with Crippen molar-refractivity contribution in [1.29, 1.82) is 0 Å². The van der Waals surface area contributed by atoms with Gasteiger partial charge in [-0.05, 0) is 24.8 Å². The van der Waals surface area contributed by atoms with Gasteiger partial charge >= 0.3 is 0 Å². The van der Waals surface area contributed by atoms with E-state index in [-0.39, 0.29) is 0 Å². The van der Waals surface area contributed by atoms with Crippen LogP contribution in [0.2, 0.25) is 5.02 Å². The Labute approximate surface area is 95.0 Å². The van der Waals surface area contributed by atoms with Gasteiger partial charge in [0.1, 0.15) is 5.82 Å². The lowest BCUT2D eigenvalue weighted by Crippen LogP contribution is -2.06. The van der Waals surface area contributed by atoms with Crippen LogP contribution in [0.15, 0.2) is 12.3 Å². The highest BCUT2D eigenvalue weighted by molar-refractivity contribution is 6.30. The fourth-order valence-electron chi connectivity index (χ4n) is 1.61. The van der Waals surface area contributed by atoms with Crippen molar-refractivity contribution in [1.82, 2.24) is 4.98 Å². The van der Waals surface area contributed by atoms with Gasteiger partial charge in [0.05, 0.1) is 10.7 Å². The Hall–Kier alpha value is -0.960. The molecule has 82 valence electrons. The van der Waals surface area contributed by atoms with Crippen molar-refractivity contribution in [3.63, 3.8) is 0 Å². The molecule has 4 heteroatoms. The van der Waals surface area contributed by atoms with Crippen molar-refractivity contribution in [2.75, 3.05) is 17.6 Å². The topological polar surface area (TPSA) is 50.9 Å². The smallest absolute Gasteiger partial charge is 0.149 e. The predicted octanol–water partition coefficient (Wildman–Crippen LogP) is 2.92. The van der Waals surface area contributed by atoms with Crippen LogP contribution in [0.4, 0.5) is 11.5 Å². The molecule has 1 aliphatic carbocycles. The van der Waals surface area contributed by atoms with Crippen LogP contribution in [0.25, 0.3) is 0 Å². The maximum atomic E-state index is 5.77. The van der Waals surface area contributed by atoms with Crippen LogP contribution in [0.1, 0.15) is 25.7 Å². The Morgan fingerprint density at radius 1 is 1.53 bits per heavy atom. The molecule has 0 unspecified atom stereocenters. The molecular weight excluding hydrogens is 210 g/mol. The summed E-state index contributed by atoms with van der Waals surface area (Å²) in [5.74, 6) is 1.73. The van der Waals surface area contributed by atoms with Gasteiger partial charge in [-0.3, -0.25) is 0 Å². The molecule has 0 bridgehead atoms. The van der Waals surface area contributed by atoms with Gasteiger partial charge in [0, 0.05) is 12.7 Å². The van der Waals surface area contributed by atoms with Crippen LogP contribution in [0.5, 0.6) is 0 Å². The van der Waals surface area contributed by atoms with E-state index in [4.69, 9.17) is 17.3 Å². The summed E-state index contributed by atoms with van der Waals surface area (Å²) in [6.45, 7) is 0.940. The Balaban J connectivity index is 1.76. The zero-order valence-electron chi connectivity index (χ0n) is 8.67. The summed E-state index contributed by atoms with van der Waals surface area (Å²) in [5.41, 5.74) is 6.39. The third kappa shape index (κ3) is 3.27. The van der Waals surface area contributed by atoms with Crippen LogP contribution >= 0.6 is 11.6 Å². The molecule has 0 aromatic carbocycles. The van der Waals surface area contributed by atoms with E-state index in [1.165, 1.54) is 25.7 Å². The average molecular weight is 226 g/mol. The standard InChI is InChI=1S/C11H16ClN3/c12-9-6-10(13)11(15-7-9)14-5-1-2-8-3-4-8/h6-8H,1-5,13H2,(H,14,15). The third-order valence-electron chi connectivity index (χ3n) is 2.66. The fourth-order valence-corrected chi connectivity index (χ4v) is 1.77. The molecule has 3 N–H and O–H groups in total. The minimum absolute atomic E-state index is 0.580. The number of nitrogens with zero attached hydrogens (tertiary/aromatic N) is 1. The molecule has 0 amide bonds. The number of rotatable bonds is 5. The highest BCUT2D eigenvalue weighted by Gasteiger charge is 2.19. The Morgan fingerprint density at radius 2 is 2.33 bits per heavy atom. The van der Waals surface area contributed by atoms with Gasteiger partial charge in [0.15, 0.2) is 0 Å². The van der Waals surface area contributed by atoms with E-state index >= 15 is 0 Å². The van der Waals surface area contributed by atoms with Gasteiger partial charge in [0.2, 0.25) is 0 Å². The lowest BCUT2D eigenvalue weighted by Gasteiger charge is -2.07. The van der Waals surface area contributed by atoms with Crippen LogP contribution in [0, 0.1) is 5.92 Å². The number of halogens is 1. The number of anilines is 2. The van der Waals surface area contributed by atoms with Gasteiger partial charge in [-0.15, -0.1) is 0 Å². The SMILES string of the molecule is Nc1cc(Cl)cnc1NCCCC1CC1. The van der Waals surface area contributed by atoms with Crippen LogP contribution in [-0.2, 0) is 0 Å². The summed E-state index contributed by atoms with van der Waals surface area (Å²) in [5, 5.41) is 3.81. The minimum Gasteiger partial charge on any atom is -0.396 e. The molecule has 2 rings (SSSR count). The van der Waals surface area contributed by atoms with Crippen molar-refractivity contribution in [2.45, 2.75) is 25.7 Å². The summed E-state index contributed by atoms with van der Waals surface area (Å²) in [4.78, 5) is 4.14. The number of nitrogens with one attached hydrogen (secondary N) is 1. The van der Waals surface area contributed by atoms with Crippen LogP contribution < -0.4 is 11.1 Å². The summed E-state index contributed by atoms with van der Waals surface area (Å²) < 4.78 is 0. The normalized spacial score (nSPS) is 15.3. The van der Waals surface area contributed by atoms with Crippen molar-refractivity contribution in [3.8, 4) is 0 Å². The van der Waals surface area contributed by atoms with Crippen LogP contribution in [-0.4, -0.2) is 11.5 Å². The third-order valence-corrected chi connectivity index (χ3v) is 2.87. The minimum atomic E-state index is 0.580. The van der Waals surface area contributed by atoms with E-state index in [9.17, 15) is 0 Å². The van der Waals surface area contributed by atoms with Crippen molar-refractivity contribution in [3.05, 3.63) is 17.3 Å². The lowest BCUT2D eigenvalue weighted by atomic mass is 10.2. The Kier molecular flexibility index (Phi) is 3.31. The molecule has 0 spiro atoms. The molecule has 0 saturated heterocycles. The maximum Gasteiger partial charge on any atom is 0.149 e. The Morgan fingerprint density at radius 3 is 3.00 bits per heavy atom. The molecule has 1 aromatic heterocycles. The van der Waals surface area contributed by atoms with Gasteiger partial charge in [-0.1, -0.05) is 24.4 Å². The second kappa shape index (κ2) is 4.71. The molecular formula is C11H16ClN3. The quantitative estimate of drug-likeness (QED) is 0.758. The van der Waals surface area contributed by atoms with Gasteiger partial charge in [0.25, 0.3) is 0 Å². The number of hydrogen-bond donors (Lipinski definition) is 2. The molecule has 0 atom stereocenters. The first-order valence-corrected chi connectivity index (χ1v) is 5.78. The summed E-state index contributed by atoms with van der Waals surface area (Å²) in [6, 6.07) is 1.72. The molecule has 15 heavy (non-hydrogen) atoms. The van der Waals surface area contributed by atoms with E-state index in [0.29, 0.717) is 10.7 Å². The second-order valence-electron chi connectivity index (χ2n) is 4.10. The zero-order valence-corrected chi connectivity index (χ0v) is 9.43. The number of nitrogens with two attached hydrogens (primary N) is 1. The molecule has 1 aromatic rings. The molecule has 1 saturated carbocycles. The average Bonchev–Trinajstić information content (AvgIpc) is 2.99. The summed E-state index contributed by atoms with van der Waals surface area (Å²) in [6.07, 6.45) is 6.96. The number of pyridine rings is 1. The largest absolute Gasteiger partial charge is 0.396 e. The second-order valence-corrected chi connectivity index (χ2v) is 4.54. The monoisotopic (exact) mass is 225 g/mol.